The van der Waals surface area contributed by atoms with E-state index in [1.165, 1.54) is 16.6 Å². The molecular formula is C16H13ClF3N3. The van der Waals surface area contributed by atoms with E-state index in [-0.39, 0.29) is 5.92 Å². The van der Waals surface area contributed by atoms with E-state index in [1.54, 1.807) is 12.1 Å². The van der Waals surface area contributed by atoms with Crippen LogP contribution in [0.15, 0.2) is 36.4 Å². The highest BCUT2D eigenvalue weighted by atomic mass is 35.5. The molecule has 0 saturated heterocycles. The number of aromatic nitrogens is 3. The van der Waals surface area contributed by atoms with Gasteiger partial charge in [0, 0.05) is 17.7 Å². The summed E-state index contributed by atoms with van der Waals surface area (Å²) < 4.78 is 39.4. The Labute approximate surface area is 135 Å². The van der Waals surface area contributed by atoms with Crippen LogP contribution in [0.2, 0.25) is 5.15 Å². The van der Waals surface area contributed by atoms with Crippen LogP contribution in [-0.4, -0.2) is 14.6 Å². The summed E-state index contributed by atoms with van der Waals surface area (Å²) in [6.07, 6.45) is -4.33. The monoisotopic (exact) mass is 339 g/mol. The van der Waals surface area contributed by atoms with Crippen molar-refractivity contribution in [1.82, 2.24) is 14.6 Å². The summed E-state index contributed by atoms with van der Waals surface area (Å²) in [5.74, 6) is -0.171. The van der Waals surface area contributed by atoms with E-state index in [0.29, 0.717) is 16.5 Å². The topological polar surface area (TPSA) is 30.2 Å². The largest absolute Gasteiger partial charge is 0.416 e. The zero-order chi connectivity index (χ0) is 16.8. The lowest BCUT2D eigenvalue weighted by atomic mass is 9.97. The number of rotatable bonds is 2. The molecule has 1 unspecified atom stereocenters. The van der Waals surface area contributed by atoms with Gasteiger partial charge in [0.1, 0.15) is 5.15 Å². The lowest BCUT2D eigenvalue weighted by Crippen LogP contribution is -2.05. The Kier molecular flexibility index (Phi) is 3.80. The SMILES string of the molecule is Cc1cc(Cl)n2nc(C(C)c3ccc(C(F)(F)F)cc3)cc2n1. The maximum atomic E-state index is 12.6. The number of aryl methyl sites for hydroxylation is 1. The van der Waals surface area contributed by atoms with Gasteiger partial charge in [-0.2, -0.15) is 18.3 Å². The minimum atomic E-state index is -4.33. The van der Waals surface area contributed by atoms with E-state index >= 15 is 0 Å². The number of nitrogens with zero attached hydrogens (tertiary/aromatic N) is 3. The van der Waals surface area contributed by atoms with E-state index < -0.39 is 11.7 Å². The molecule has 0 aliphatic rings. The lowest BCUT2D eigenvalue weighted by Gasteiger charge is -2.11. The van der Waals surface area contributed by atoms with E-state index in [9.17, 15) is 13.2 Å². The molecule has 1 aromatic carbocycles. The van der Waals surface area contributed by atoms with Crippen molar-refractivity contribution in [2.45, 2.75) is 25.9 Å². The van der Waals surface area contributed by atoms with Crippen molar-refractivity contribution in [1.29, 1.82) is 0 Å². The van der Waals surface area contributed by atoms with Gasteiger partial charge in [0.15, 0.2) is 5.65 Å². The van der Waals surface area contributed by atoms with Crippen molar-refractivity contribution in [2.75, 3.05) is 0 Å². The van der Waals surface area contributed by atoms with Crippen molar-refractivity contribution in [3.05, 3.63) is 64.1 Å². The fraction of sp³-hybridized carbons (Fsp3) is 0.250. The molecule has 0 aliphatic carbocycles. The average molecular weight is 340 g/mol. The standard InChI is InChI=1S/C16H13ClF3N3/c1-9-7-14(17)23-15(21-9)8-13(22-23)10(2)11-3-5-12(6-4-11)16(18,19)20/h3-8,10H,1-2H3. The molecule has 23 heavy (non-hydrogen) atoms. The van der Waals surface area contributed by atoms with E-state index in [4.69, 9.17) is 11.6 Å². The van der Waals surface area contributed by atoms with Crippen LogP contribution in [0.3, 0.4) is 0 Å². The molecule has 120 valence electrons. The normalized spacial score (nSPS) is 13.5. The zero-order valence-corrected chi connectivity index (χ0v) is 13.2. The first-order valence-corrected chi connectivity index (χ1v) is 7.33. The quantitative estimate of drug-likeness (QED) is 0.624. The van der Waals surface area contributed by atoms with Crippen LogP contribution in [0, 0.1) is 6.92 Å². The molecule has 2 aromatic heterocycles. The first kappa shape index (κ1) is 15.8. The van der Waals surface area contributed by atoms with Gasteiger partial charge in [-0.15, -0.1) is 0 Å². The first-order chi connectivity index (χ1) is 10.8. The van der Waals surface area contributed by atoms with Crippen LogP contribution in [-0.2, 0) is 6.18 Å². The number of alkyl halides is 3. The van der Waals surface area contributed by atoms with Crippen LogP contribution in [0.25, 0.3) is 5.65 Å². The Morgan fingerprint density at radius 1 is 1.13 bits per heavy atom. The average Bonchev–Trinajstić information content (AvgIpc) is 2.90. The molecule has 0 radical (unpaired) electrons. The van der Waals surface area contributed by atoms with Gasteiger partial charge in [-0.25, -0.2) is 9.50 Å². The van der Waals surface area contributed by atoms with Crippen molar-refractivity contribution >= 4 is 17.2 Å². The minimum absolute atomic E-state index is 0.171. The maximum Gasteiger partial charge on any atom is 0.416 e. The highest BCUT2D eigenvalue weighted by Crippen LogP contribution is 2.31. The Bertz CT molecular complexity index is 853. The summed E-state index contributed by atoms with van der Waals surface area (Å²) in [4.78, 5) is 4.35. The second-order valence-electron chi connectivity index (χ2n) is 5.40. The number of halogens is 4. The van der Waals surface area contributed by atoms with Gasteiger partial charge in [-0.05, 0) is 30.7 Å². The van der Waals surface area contributed by atoms with Crippen molar-refractivity contribution < 1.29 is 13.2 Å². The third kappa shape index (κ3) is 3.03. The van der Waals surface area contributed by atoms with Gasteiger partial charge >= 0.3 is 6.18 Å². The van der Waals surface area contributed by atoms with Crippen LogP contribution in [0.4, 0.5) is 13.2 Å². The Morgan fingerprint density at radius 3 is 2.39 bits per heavy atom. The fourth-order valence-electron chi connectivity index (χ4n) is 2.42. The molecule has 0 fully saturated rings. The summed E-state index contributed by atoms with van der Waals surface area (Å²) in [6.45, 7) is 3.71. The molecule has 3 rings (SSSR count). The Balaban J connectivity index is 1.97. The number of hydrogen-bond donors (Lipinski definition) is 0. The van der Waals surface area contributed by atoms with Crippen LogP contribution in [0.5, 0.6) is 0 Å². The molecule has 0 N–H and O–H groups in total. The summed E-state index contributed by atoms with van der Waals surface area (Å²) in [5.41, 5.74) is 2.17. The molecule has 2 heterocycles. The predicted octanol–water partition coefficient (Wildman–Crippen LogP) is 4.86. The number of benzene rings is 1. The van der Waals surface area contributed by atoms with Crippen molar-refractivity contribution in [2.24, 2.45) is 0 Å². The second-order valence-corrected chi connectivity index (χ2v) is 5.79. The van der Waals surface area contributed by atoms with Gasteiger partial charge in [-0.3, -0.25) is 0 Å². The molecule has 0 spiro atoms. The van der Waals surface area contributed by atoms with Crippen molar-refractivity contribution in [3.8, 4) is 0 Å². The van der Waals surface area contributed by atoms with E-state index in [2.05, 4.69) is 10.1 Å². The summed E-state index contributed by atoms with van der Waals surface area (Å²) in [6, 6.07) is 8.60. The molecule has 3 nitrogen and oxygen atoms in total. The third-order valence-electron chi connectivity index (χ3n) is 3.71. The van der Waals surface area contributed by atoms with Crippen LogP contribution in [0.1, 0.15) is 35.4 Å². The molecule has 1 atom stereocenters. The highest BCUT2D eigenvalue weighted by molar-refractivity contribution is 6.29. The Morgan fingerprint density at radius 2 is 1.78 bits per heavy atom. The molecule has 0 bridgehead atoms. The number of hydrogen-bond acceptors (Lipinski definition) is 2. The molecular weight excluding hydrogens is 327 g/mol. The highest BCUT2D eigenvalue weighted by Gasteiger charge is 2.30. The van der Waals surface area contributed by atoms with Crippen molar-refractivity contribution in [3.63, 3.8) is 0 Å². The molecule has 0 amide bonds. The smallest absolute Gasteiger partial charge is 0.234 e. The van der Waals surface area contributed by atoms with Crippen LogP contribution >= 0.6 is 11.6 Å². The second kappa shape index (κ2) is 5.53. The first-order valence-electron chi connectivity index (χ1n) is 6.95. The third-order valence-corrected chi connectivity index (χ3v) is 3.98. The summed E-state index contributed by atoms with van der Waals surface area (Å²) in [7, 11) is 0. The number of fused-ring (bicyclic) bond motifs is 1. The molecule has 7 heteroatoms. The maximum absolute atomic E-state index is 12.6. The van der Waals surface area contributed by atoms with Gasteiger partial charge in [0.25, 0.3) is 0 Å². The van der Waals surface area contributed by atoms with Crippen LogP contribution < -0.4 is 0 Å². The van der Waals surface area contributed by atoms with Gasteiger partial charge in [-0.1, -0.05) is 30.7 Å². The van der Waals surface area contributed by atoms with Gasteiger partial charge in [0.05, 0.1) is 11.3 Å². The molecule has 0 saturated carbocycles. The minimum Gasteiger partial charge on any atom is -0.234 e. The fourth-order valence-corrected chi connectivity index (χ4v) is 2.70. The van der Waals surface area contributed by atoms with Gasteiger partial charge < -0.3 is 0 Å². The Hall–Kier alpha value is -2.08. The summed E-state index contributed by atoms with van der Waals surface area (Å²) in [5, 5.41) is 4.84. The predicted molar refractivity (Wildman–Crippen MR) is 81.7 cm³/mol. The summed E-state index contributed by atoms with van der Waals surface area (Å²) >= 11 is 6.13. The van der Waals surface area contributed by atoms with E-state index in [0.717, 1.165) is 23.4 Å². The zero-order valence-electron chi connectivity index (χ0n) is 12.4. The lowest BCUT2D eigenvalue weighted by molar-refractivity contribution is -0.137. The molecule has 0 aliphatic heterocycles. The van der Waals surface area contributed by atoms with E-state index in [1.807, 2.05) is 13.8 Å². The molecule has 3 aromatic rings. The van der Waals surface area contributed by atoms with Gasteiger partial charge in [0.2, 0.25) is 0 Å².